The molecule has 0 bridgehead atoms. The Hall–Kier alpha value is -1.42. The third kappa shape index (κ3) is 3.14. The first-order valence-corrected chi connectivity index (χ1v) is 4.58. The van der Waals surface area contributed by atoms with Crippen molar-refractivity contribution in [2.24, 2.45) is 0 Å². The molecule has 76 valence electrons. The van der Waals surface area contributed by atoms with Crippen LogP contribution in [0.25, 0.3) is 0 Å². The molecule has 0 unspecified atom stereocenters. The molecule has 14 heavy (non-hydrogen) atoms. The van der Waals surface area contributed by atoms with E-state index in [4.69, 9.17) is 0 Å². The lowest BCUT2D eigenvalue weighted by molar-refractivity contribution is 0.595. The average molecular weight is 193 g/mol. The van der Waals surface area contributed by atoms with Gasteiger partial charge in [0.25, 0.3) is 0 Å². The molecule has 0 aliphatic heterocycles. The lowest BCUT2D eigenvalue weighted by atomic mass is 10.4. The van der Waals surface area contributed by atoms with E-state index in [9.17, 15) is 4.79 Å². The topological polar surface area (TPSA) is 46.9 Å². The van der Waals surface area contributed by atoms with Crippen LogP contribution in [-0.2, 0) is 6.54 Å². The third-order valence-electron chi connectivity index (χ3n) is 1.80. The van der Waals surface area contributed by atoms with E-state index in [1.807, 2.05) is 13.1 Å². The maximum absolute atomic E-state index is 11.2. The number of hydrogen-bond donors (Lipinski definition) is 1. The maximum atomic E-state index is 11.2. The Morgan fingerprint density at radius 2 is 2.50 bits per heavy atom. The predicted molar refractivity (Wildman–Crippen MR) is 56.3 cm³/mol. The second-order valence-corrected chi connectivity index (χ2v) is 3.10. The summed E-state index contributed by atoms with van der Waals surface area (Å²) in [6.45, 7) is 7.66. The Labute approximate surface area is 83.3 Å². The van der Waals surface area contributed by atoms with Crippen LogP contribution < -0.4 is 11.0 Å². The maximum Gasteiger partial charge on any atom is 0.347 e. The van der Waals surface area contributed by atoms with E-state index in [0.717, 1.165) is 18.7 Å². The standard InChI is InChI=1S/C10H15N3O/c1-3-4-11-5-6-13-8-9(2)7-12-10(13)14/h3,7-8,11H,1,4-6H2,2H3. The molecule has 0 spiro atoms. The number of aromatic nitrogens is 2. The molecular formula is C10H15N3O. The van der Waals surface area contributed by atoms with Gasteiger partial charge in [0, 0.05) is 32.0 Å². The summed E-state index contributed by atoms with van der Waals surface area (Å²) in [4.78, 5) is 15.0. The van der Waals surface area contributed by atoms with Crippen LogP contribution in [0.1, 0.15) is 5.56 Å². The van der Waals surface area contributed by atoms with Crippen molar-refractivity contribution in [1.29, 1.82) is 0 Å². The van der Waals surface area contributed by atoms with Crippen molar-refractivity contribution in [2.45, 2.75) is 13.5 Å². The largest absolute Gasteiger partial charge is 0.347 e. The Morgan fingerprint density at radius 1 is 1.71 bits per heavy atom. The SMILES string of the molecule is C=CCNCCn1cc(C)cnc1=O. The molecule has 0 saturated carbocycles. The Bertz CT molecular complexity index is 357. The predicted octanol–water partition coefficient (Wildman–Crippen LogP) is 0.327. The number of hydrogen-bond acceptors (Lipinski definition) is 3. The van der Waals surface area contributed by atoms with Crippen molar-refractivity contribution < 1.29 is 0 Å². The fourth-order valence-electron chi connectivity index (χ4n) is 1.13. The molecule has 0 amide bonds. The van der Waals surface area contributed by atoms with Crippen LogP contribution in [0.15, 0.2) is 29.8 Å². The molecule has 1 aromatic rings. The van der Waals surface area contributed by atoms with Crippen LogP contribution in [0.4, 0.5) is 0 Å². The van der Waals surface area contributed by atoms with Crippen molar-refractivity contribution in [3.05, 3.63) is 41.1 Å². The zero-order valence-electron chi connectivity index (χ0n) is 8.36. The fourth-order valence-corrected chi connectivity index (χ4v) is 1.13. The molecule has 0 radical (unpaired) electrons. The molecule has 1 N–H and O–H groups in total. The molecule has 0 fully saturated rings. The van der Waals surface area contributed by atoms with Crippen molar-refractivity contribution >= 4 is 0 Å². The van der Waals surface area contributed by atoms with Gasteiger partial charge in [0.15, 0.2) is 0 Å². The summed E-state index contributed by atoms with van der Waals surface area (Å²) in [5.41, 5.74) is 0.796. The molecule has 1 heterocycles. The van der Waals surface area contributed by atoms with Gasteiger partial charge in [0.05, 0.1) is 0 Å². The molecule has 4 heteroatoms. The van der Waals surface area contributed by atoms with Crippen LogP contribution in [-0.4, -0.2) is 22.6 Å². The van der Waals surface area contributed by atoms with Crippen LogP contribution in [0.3, 0.4) is 0 Å². The van der Waals surface area contributed by atoms with Gasteiger partial charge < -0.3 is 5.32 Å². The summed E-state index contributed by atoms with van der Waals surface area (Å²) in [7, 11) is 0. The van der Waals surface area contributed by atoms with E-state index in [1.54, 1.807) is 16.8 Å². The highest BCUT2D eigenvalue weighted by molar-refractivity contribution is 4.99. The van der Waals surface area contributed by atoms with Crippen LogP contribution >= 0.6 is 0 Å². The van der Waals surface area contributed by atoms with Gasteiger partial charge in [-0.1, -0.05) is 6.08 Å². The smallest absolute Gasteiger partial charge is 0.312 e. The van der Waals surface area contributed by atoms with E-state index in [2.05, 4.69) is 16.9 Å². The Morgan fingerprint density at radius 3 is 3.21 bits per heavy atom. The monoisotopic (exact) mass is 193 g/mol. The van der Waals surface area contributed by atoms with Crippen LogP contribution in [0.2, 0.25) is 0 Å². The highest BCUT2D eigenvalue weighted by Crippen LogP contribution is 1.88. The quantitative estimate of drug-likeness (QED) is 0.541. The lowest BCUT2D eigenvalue weighted by Gasteiger charge is -2.05. The Balaban J connectivity index is 2.53. The normalized spacial score (nSPS) is 10.1. The van der Waals surface area contributed by atoms with Gasteiger partial charge in [0.1, 0.15) is 0 Å². The van der Waals surface area contributed by atoms with Crippen molar-refractivity contribution in [3.8, 4) is 0 Å². The van der Waals surface area contributed by atoms with E-state index >= 15 is 0 Å². The van der Waals surface area contributed by atoms with Gasteiger partial charge in [0.2, 0.25) is 0 Å². The molecule has 0 aliphatic carbocycles. The van der Waals surface area contributed by atoms with Gasteiger partial charge in [-0.25, -0.2) is 9.78 Å². The van der Waals surface area contributed by atoms with Crippen molar-refractivity contribution in [3.63, 3.8) is 0 Å². The van der Waals surface area contributed by atoms with Gasteiger partial charge in [-0.3, -0.25) is 4.57 Å². The lowest BCUT2D eigenvalue weighted by Crippen LogP contribution is -2.28. The summed E-state index contributed by atoms with van der Waals surface area (Å²) in [6, 6.07) is 0. The van der Waals surface area contributed by atoms with Crippen molar-refractivity contribution in [2.75, 3.05) is 13.1 Å². The van der Waals surface area contributed by atoms with Crippen molar-refractivity contribution in [1.82, 2.24) is 14.9 Å². The molecular weight excluding hydrogens is 178 g/mol. The van der Waals surface area contributed by atoms with E-state index in [0.29, 0.717) is 6.54 Å². The minimum absolute atomic E-state index is 0.198. The second kappa shape index (κ2) is 5.34. The number of aryl methyl sites for hydroxylation is 1. The van der Waals surface area contributed by atoms with Crippen LogP contribution in [0.5, 0.6) is 0 Å². The summed E-state index contributed by atoms with van der Waals surface area (Å²) < 4.78 is 1.60. The first-order valence-electron chi connectivity index (χ1n) is 4.58. The average Bonchev–Trinajstić information content (AvgIpc) is 2.18. The van der Waals surface area contributed by atoms with Crippen LogP contribution in [0, 0.1) is 6.92 Å². The number of rotatable bonds is 5. The molecule has 0 aromatic carbocycles. The van der Waals surface area contributed by atoms with E-state index in [-0.39, 0.29) is 5.69 Å². The zero-order valence-corrected chi connectivity index (χ0v) is 8.36. The zero-order chi connectivity index (χ0) is 10.4. The van der Waals surface area contributed by atoms with Gasteiger partial charge in [-0.2, -0.15) is 0 Å². The third-order valence-corrected chi connectivity index (χ3v) is 1.80. The first kappa shape index (κ1) is 10.7. The molecule has 0 atom stereocenters. The minimum Gasteiger partial charge on any atom is -0.312 e. The van der Waals surface area contributed by atoms with E-state index in [1.165, 1.54) is 0 Å². The highest BCUT2D eigenvalue weighted by Gasteiger charge is 1.95. The summed E-state index contributed by atoms with van der Waals surface area (Å²) >= 11 is 0. The highest BCUT2D eigenvalue weighted by atomic mass is 16.1. The summed E-state index contributed by atoms with van der Waals surface area (Å²) in [5.74, 6) is 0. The molecule has 1 aromatic heterocycles. The molecule has 0 aliphatic rings. The summed E-state index contributed by atoms with van der Waals surface area (Å²) in [5, 5.41) is 3.12. The summed E-state index contributed by atoms with van der Waals surface area (Å²) in [6.07, 6.45) is 5.18. The number of nitrogens with zero attached hydrogens (tertiary/aromatic N) is 2. The first-order chi connectivity index (χ1) is 6.74. The Kier molecular flexibility index (Phi) is 4.07. The van der Waals surface area contributed by atoms with Gasteiger partial charge >= 0.3 is 5.69 Å². The van der Waals surface area contributed by atoms with E-state index < -0.39 is 0 Å². The molecule has 4 nitrogen and oxygen atoms in total. The van der Waals surface area contributed by atoms with Gasteiger partial charge in [-0.05, 0) is 12.5 Å². The second-order valence-electron chi connectivity index (χ2n) is 3.10. The molecule has 0 saturated heterocycles. The fraction of sp³-hybridized carbons (Fsp3) is 0.400. The van der Waals surface area contributed by atoms with Gasteiger partial charge in [-0.15, -0.1) is 6.58 Å². The minimum atomic E-state index is -0.198. The molecule has 1 rings (SSSR count). The number of nitrogens with one attached hydrogen (secondary N) is 1.